The van der Waals surface area contributed by atoms with Gasteiger partial charge in [-0.25, -0.2) is 4.79 Å². The van der Waals surface area contributed by atoms with Crippen LogP contribution in [0.4, 0.5) is 4.79 Å². The summed E-state index contributed by atoms with van der Waals surface area (Å²) in [6, 6.07) is 8.35. The van der Waals surface area contributed by atoms with Crippen molar-refractivity contribution in [2.75, 3.05) is 0 Å². The van der Waals surface area contributed by atoms with Crippen LogP contribution in [0.5, 0.6) is 5.75 Å². The van der Waals surface area contributed by atoms with Crippen LogP contribution in [0.1, 0.15) is 27.7 Å². The number of aliphatic hydroxyl groups is 1. The topological polar surface area (TPSA) is 92.8 Å². The van der Waals surface area contributed by atoms with E-state index < -0.39 is 17.3 Å². The third kappa shape index (κ3) is 6.88. The lowest BCUT2D eigenvalue weighted by molar-refractivity contribution is 0.0144. The molecule has 1 rings (SSSR count). The number of ether oxygens (including phenoxy) is 1. The maximum absolute atomic E-state index is 9.95. The van der Waals surface area contributed by atoms with Gasteiger partial charge in [-0.15, -0.1) is 0 Å². The Morgan fingerprint density at radius 3 is 1.83 bits per heavy atom. The molecule has 0 fully saturated rings. The lowest BCUT2D eigenvalue weighted by Crippen LogP contribution is -2.52. The maximum atomic E-state index is 9.95. The van der Waals surface area contributed by atoms with Gasteiger partial charge in [0, 0.05) is 5.54 Å². The van der Waals surface area contributed by atoms with E-state index in [4.69, 9.17) is 10.8 Å². The molecular weight excluding hydrogens is 234 g/mol. The number of hydrogen-bond donors (Lipinski definition) is 3. The molecule has 5 heteroatoms. The fraction of sp³-hybridized carbons (Fsp3) is 0.462. The Balaban J connectivity index is 0.000000331. The molecule has 0 atom stereocenters. The van der Waals surface area contributed by atoms with Gasteiger partial charge in [-0.1, -0.05) is 18.2 Å². The van der Waals surface area contributed by atoms with Gasteiger partial charge in [0.1, 0.15) is 5.75 Å². The van der Waals surface area contributed by atoms with Crippen LogP contribution in [-0.4, -0.2) is 27.5 Å². The number of rotatable bonds is 2. The molecule has 0 amide bonds. The van der Waals surface area contributed by atoms with Gasteiger partial charge < -0.3 is 20.7 Å². The van der Waals surface area contributed by atoms with Gasteiger partial charge >= 0.3 is 6.16 Å². The van der Waals surface area contributed by atoms with Gasteiger partial charge in [-0.05, 0) is 39.8 Å². The van der Waals surface area contributed by atoms with Gasteiger partial charge in [0.25, 0.3) is 0 Å². The van der Waals surface area contributed by atoms with Crippen LogP contribution in [0.25, 0.3) is 0 Å². The second-order valence-corrected chi connectivity index (χ2v) is 4.96. The highest BCUT2D eigenvalue weighted by Gasteiger charge is 2.30. The minimum Gasteiger partial charge on any atom is -0.449 e. The summed E-state index contributed by atoms with van der Waals surface area (Å²) in [5.41, 5.74) is 4.27. The van der Waals surface area contributed by atoms with Gasteiger partial charge in [0.15, 0.2) is 0 Å². The first-order valence-electron chi connectivity index (χ1n) is 5.51. The Kier molecular flexibility index (Phi) is 5.81. The van der Waals surface area contributed by atoms with Crippen molar-refractivity contribution in [1.29, 1.82) is 0 Å². The predicted molar refractivity (Wildman–Crippen MR) is 69.7 cm³/mol. The number of benzene rings is 1. The van der Waals surface area contributed by atoms with Crippen LogP contribution in [0, 0.1) is 0 Å². The van der Waals surface area contributed by atoms with Crippen molar-refractivity contribution in [3.05, 3.63) is 30.3 Å². The molecule has 102 valence electrons. The zero-order valence-corrected chi connectivity index (χ0v) is 11.2. The van der Waals surface area contributed by atoms with Gasteiger partial charge in [-0.3, -0.25) is 0 Å². The minimum absolute atomic E-state index is 0.343. The highest BCUT2D eigenvalue weighted by atomic mass is 16.7. The number of hydrogen-bond acceptors (Lipinski definition) is 4. The highest BCUT2D eigenvalue weighted by molar-refractivity contribution is 5.60. The van der Waals surface area contributed by atoms with Crippen molar-refractivity contribution < 1.29 is 19.7 Å². The monoisotopic (exact) mass is 255 g/mol. The first-order valence-corrected chi connectivity index (χ1v) is 5.51. The van der Waals surface area contributed by atoms with Crippen molar-refractivity contribution in [2.45, 2.75) is 38.8 Å². The van der Waals surface area contributed by atoms with E-state index in [0.29, 0.717) is 5.75 Å². The summed E-state index contributed by atoms with van der Waals surface area (Å²) in [4.78, 5) is 9.95. The summed E-state index contributed by atoms with van der Waals surface area (Å²) in [6.07, 6.45) is -1.29. The van der Waals surface area contributed by atoms with Crippen molar-refractivity contribution >= 4 is 6.16 Å². The lowest BCUT2D eigenvalue weighted by atomic mass is 9.87. The third-order valence-electron chi connectivity index (χ3n) is 2.53. The summed E-state index contributed by atoms with van der Waals surface area (Å²) < 4.78 is 4.33. The normalized spacial score (nSPS) is 11.2. The van der Waals surface area contributed by atoms with Crippen molar-refractivity contribution in [3.63, 3.8) is 0 Å². The summed E-state index contributed by atoms with van der Waals surface area (Å²) in [5, 5.41) is 17.4. The fourth-order valence-electron chi connectivity index (χ4n) is 0.589. The first-order chi connectivity index (χ1) is 8.04. The van der Waals surface area contributed by atoms with E-state index in [0.717, 1.165) is 0 Å². The average Bonchev–Trinajstić information content (AvgIpc) is 2.15. The number of carboxylic acid groups (broad SMARTS) is 1. The van der Waals surface area contributed by atoms with Crippen LogP contribution in [0.3, 0.4) is 0 Å². The van der Waals surface area contributed by atoms with Gasteiger partial charge in [-0.2, -0.15) is 0 Å². The number of carbonyl (C=O) groups is 1. The molecule has 0 aromatic heterocycles. The molecule has 0 unspecified atom stereocenters. The molecule has 0 spiro atoms. The standard InChI is InChI=1S/C7H6O3.C6H15NO/c8-7(9)10-6-4-2-1-3-5-6;1-5(2,7)6(3,4)8/h1-5H,(H,8,9);8H,7H2,1-4H3. The van der Waals surface area contributed by atoms with E-state index in [1.54, 1.807) is 58.0 Å². The molecule has 18 heavy (non-hydrogen) atoms. The Bertz CT molecular complexity index is 351. The Labute approximate surface area is 107 Å². The average molecular weight is 255 g/mol. The molecular formula is C13H21NO4. The second kappa shape index (κ2) is 6.37. The van der Waals surface area contributed by atoms with Gasteiger partial charge in [0.2, 0.25) is 0 Å². The number of para-hydroxylation sites is 1. The second-order valence-electron chi connectivity index (χ2n) is 4.96. The first kappa shape index (κ1) is 16.4. The Morgan fingerprint density at radius 2 is 1.56 bits per heavy atom. The zero-order chi connectivity index (χ0) is 14.4. The summed E-state index contributed by atoms with van der Waals surface area (Å²) >= 11 is 0. The van der Waals surface area contributed by atoms with Crippen LogP contribution in [0.15, 0.2) is 30.3 Å². The third-order valence-corrected chi connectivity index (χ3v) is 2.53. The van der Waals surface area contributed by atoms with Crippen LogP contribution >= 0.6 is 0 Å². The molecule has 0 aliphatic rings. The molecule has 0 radical (unpaired) electrons. The molecule has 0 aliphatic carbocycles. The molecule has 1 aromatic carbocycles. The SMILES string of the molecule is CC(C)(N)C(C)(C)O.O=C(O)Oc1ccccc1. The van der Waals surface area contributed by atoms with Crippen LogP contribution in [0.2, 0.25) is 0 Å². The van der Waals surface area contributed by atoms with Crippen LogP contribution in [-0.2, 0) is 0 Å². The smallest absolute Gasteiger partial charge is 0.449 e. The quantitative estimate of drug-likeness (QED) is 0.556. The van der Waals surface area contributed by atoms with E-state index in [-0.39, 0.29) is 0 Å². The Morgan fingerprint density at radius 1 is 1.17 bits per heavy atom. The van der Waals surface area contributed by atoms with E-state index in [1.807, 2.05) is 0 Å². The maximum Gasteiger partial charge on any atom is 0.511 e. The minimum atomic E-state index is -1.29. The molecule has 0 saturated heterocycles. The zero-order valence-electron chi connectivity index (χ0n) is 11.2. The van der Waals surface area contributed by atoms with E-state index in [2.05, 4.69) is 4.74 Å². The molecule has 0 heterocycles. The van der Waals surface area contributed by atoms with E-state index in [9.17, 15) is 9.90 Å². The largest absolute Gasteiger partial charge is 0.511 e. The summed E-state index contributed by atoms with van der Waals surface area (Å²) in [5.74, 6) is 0.343. The summed E-state index contributed by atoms with van der Waals surface area (Å²) in [7, 11) is 0. The lowest BCUT2D eigenvalue weighted by Gasteiger charge is -2.32. The highest BCUT2D eigenvalue weighted by Crippen LogP contribution is 2.16. The Hall–Kier alpha value is -1.59. The van der Waals surface area contributed by atoms with Crippen LogP contribution < -0.4 is 10.5 Å². The van der Waals surface area contributed by atoms with Crippen molar-refractivity contribution in [1.82, 2.24) is 0 Å². The predicted octanol–water partition coefficient (Wildman–Crippen LogP) is 2.24. The molecule has 4 N–H and O–H groups in total. The molecule has 5 nitrogen and oxygen atoms in total. The van der Waals surface area contributed by atoms with E-state index in [1.165, 1.54) is 0 Å². The number of nitrogens with two attached hydrogens (primary N) is 1. The van der Waals surface area contributed by atoms with Crippen molar-refractivity contribution in [3.8, 4) is 5.75 Å². The molecule has 0 bridgehead atoms. The van der Waals surface area contributed by atoms with E-state index >= 15 is 0 Å². The van der Waals surface area contributed by atoms with Crippen molar-refractivity contribution in [2.24, 2.45) is 5.73 Å². The molecule has 0 saturated carbocycles. The molecule has 1 aromatic rings. The fourth-order valence-corrected chi connectivity index (χ4v) is 0.589. The van der Waals surface area contributed by atoms with Gasteiger partial charge in [0.05, 0.1) is 5.60 Å². The summed E-state index contributed by atoms with van der Waals surface area (Å²) in [6.45, 7) is 7.00. The molecule has 0 aliphatic heterocycles.